The maximum Gasteiger partial charge on any atom is 0.252 e. The maximum absolute atomic E-state index is 14.3. The molecule has 2 aromatic heterocycles. The third kappa shape index (κ3) is 2.82. The summed E-state index contributed by atoms with van der Waals surface area (Å²) in [5, 5.41) is 0.00611. The van der Waals surface area contributed by atoms with Crippen LogP contribution in [0.25, 0.3) is 16.5 Å². The number of rotatable bonds is 3. The fraction of sp³-hybridized carbons (Fsp3) is 0.273. The van der Waals surface area contributed by atoms with Crippen LogP contribution < -0.4 is 5.56 Å². The molecule has 0 radical (unpaired) electrons. The van der Waals surface area contributed by atoms with E-state index < -0.39 is 17.2 Å². The van der Waals surface area contributed by atoms with Crippen LogP contribution in [-0.2, 0) is 11.2 Å². The average molecular weight is 408 g/mol. The zero-order chi connectivity index (χ0) is 21.0. The first-order chi connectivity index (χ1) is 14.4. The van der Waals surface area contributed by atoms with E-state index in [4.69, 9.17) is 0 Å². The first kappa shape index (κ1) is 18.6. The van der Waals surface area contributed by atoms with Gasteiger partial charge in [-0.1, -0.05) is 6.08 Å². The van der Waals surface area contributed by atoms with Gasteiger partial charge in [0.1, 0.15) is 6.33 Å². The minimum Gasteiger partial charge on any atom is -0.335 e. The third-order valence-electron chi connectivity index (χ3n) is 6.14. The Morgan fingerprint density at radius 2 is 2.03 bits per heavy atom. The predicted octanol–water partition coefficient (Wildman–Crippen LogP) is 2.76. The number of hydrogen-bond acceptors (Lipinski definition) is 4. The highest BCUT2D eigenvalue weighted by molar-refractivity contribution is 5.87. The molecule has 1 fully saturated rings. The van der Waals surface area contributed by atoms with Gasteiger partial charge in [-0.15, -0.1) is 0 Å². The van der Waals surface area contributed by atoms with Crippen molar-refractivity contribution >= 4 is 22.4 Å². The second-order valence-corrected chi connectivity index (χ2v) is 7.81. The lowest BCUT2D eigenvalue weighted by Gasteiger charge is -2.26. The molecule has 8 heteroatoms. The van der Waals surface area contributed by atoms with Crippen molar-refractivity contribution < 1.29 is 13.6 Å². The Labute approximate surface area is 170 Å². The number of carbonyl (C=O) groups is 1. The topological polar surface area (TPSA) is 79.0 Å². The van der Waals surface area contributed by atoms with E-state index in [0.29, 0.717) is 12.1 Å². The molecule has 30 heavy (non-hydrogen) atoms. The van der Waals surface area contributed by atoms with Gasteiger partial charge in [0.05, 0.1) is 18.0 Å². The normalized spacial score (nSPS) is 20.1. The number of H-pyrrole nitrogens is 1. The van der Waals surface area contributed by atoms with E-state index >= 15 is 0 Å². The van der Waals surface area contributed by atoms with E-state index in [9.17, 15) is 18.4 Å². The van der Waals surface area contributed by atoms with Crippen LogP contribution in [0.5, 0.6) is 0 Å². The molecule has 6 nitrogen and oxygen atoms in total. The van der Waals surface area contributed by atoms with Gasteiger partial charge in [0.2, 0.25) is 5.91 Å². The second kappa shape index (κ2) is 6.83. The molecule has 2 bridgehead atoms. The van der Waals surface area contributed by atoms with Crippen molar-refractivity contribution in [1.29, 1.82) is 0 Å². The number of nitrogens with zero attached hydrogens (tertiary/aromatic N) is 3. The molecular weight excluding hydrogens is 390 g/mol. The lowest BCUT2D eigenvalue weighted by atomic mass is 9.97. The van der Waals surface area contributed by atoms with Crippen molar-refractivity contribution in [3.8, 4) is 0 Å². The quantitative estimate of drug-likeness (QED) is 0.723. The standard InChI is InChI=1S/C22H18F2N4O2/c1-11-15(22(30)27-18-3-2-17(23)21(24)20(11)18)6-19(29)28-9-12-4-14(28)5-16(12)13-7-25-10-26-8-13/h2-3,5,7-8,10,12,14H,4,6,9H2,1H3,(H,27,30)/t12-,14-/m1/s1. The summed E-state index contributed by atoms with van der Waals surface area (Å²) >= 11 is 0. The first-order valence-corrected chi connectivity index (χ1v) is 9.70. The molecule has 1 aliphatic heterocycles. The van der Waals surface area contributed by atoms with Gasteiger partial charge < -0.3 is 9.88 Å². The van der Waals surface area contributed by atoms with Gasteiger partial charge in [0.15, 0.2) is 11.6 Å². The summed E-state index contributed by atoms with van der Waals surface area (Å²) in [6, 6.07) is 2.25. The Balaban J connectivity index is 1.43. The summed E-state index contributed by atoms with van der Waals surface area (Å²) in [4.78, 5) is 37.9. The Morgan fingerprint density at radius 3 is 2.73 bits per heavy atom. The molecule has 1 amide bonds. The number of pyridine rings is 1. The van der Waals surface area contributed by atoms with Crippen molar-refractivity contribution in [2.45, 2.75) is 25.8 Å². The Morgan fingerprint density at radius 1 is 1.27 bits per heavy atom. The number of likely N-dealkylation sites (tertiary alicyclic amines) is 1. The van der Waals surface area contributed by atoms with Crippen molar-refractivity contribution in [2.24, 2.45) is 5.92 Å². The van der Waals surface area contributed by atoms with Crippen LogP contribution in [0.15, 0.2) is 41.7 Å². The number of fused-ring (bicyclic) bond motifs is 3. The monoisotopic (exact) mass is 408 g/mol. The molecule has 0 unspecified atom stereocenters. The largest absolute Gasteiger partial charge is 0.335 e. The summed E-state index contributed by atoms with van der Waals surface area (Å²) in [5.41, 5.74) is 2.31. The smallest absolute Gasteiger partial charge is 0.252 e. The van der Waals surface area contributed by atoms with E-state index in [1.807, 2.05) is 0 Å². The molecule has 2 atom stereocenters. The molecule has 5 rings (SSSR count). The lowest BCUT2D eigenvalue weighted by Crippen LogP contribution is -2.38. The highest BCUT2D eigenvalue weighted by Gasteiger charge is 2.41. The first-order valence-electron chi connectivity index (χ1n) is 9.70. The van der Waals surface area contributed by atoms with Gasteiger partial charge in [-0.05, 0) is 36.6 Å². The number of aromatic nitrogens is 3. The summed E-state index contributed by atoms with van der Waals surface area (Å²) < 4.78 is 28.0. The highest BCUT2D eigenvalue weighted by Crippen LogP contribution is 2.42. The molecule has 0 saturated carbocycles. The van der Waals surface area contributed by atoms with Crippen molar-refractivity contribution in [2.75, 3.05) is 6.54 Å². The maximum atomic E-state index is 14.3. The zero-order valence-corrected chi connectivity index (χ0v) is 16.2. The molecule has 1 aromatic carbocycles. The predicted molar refractivity (Wildman–Crippen MR) is 107 cm³/mol. The SMILES string of the molecule is Cc1c(CC(=O)N2C[C@H]3C[C@@H]2C=C3c2cncnc2)c(=O)[nH]c2ccc(F)c(F)c12. The Bertz CT molecular complexity index is 1270. The Hall–Kier alpha value is -3.42. The minimum absolute atomic E-state index is 0.00611. The van der Waals surface area contributed by atoms with Crippen molar-refractivity contribution in [3.05, 3.63) is 75.6 Å². The Kier molecular flexibility index (Phi) is 4.23. The van der Waals surface area contributed by atoms with Crippen LogP contribution in [0, 0.1) is 24.5 Å². The van der Waals surface area contributed by atoms with Gasteiger partial charge in [-0.3, -0.25) is 9.59 Å². The number of nitrogens with one attached hydrogen (secondary N) is 1. The lowest BCUT2D eigenvalue weighted by molar-refractivity contribution is -0.130. The fourth-order valence-electron chi connectivity index (χ4n) is 4.67. The number of aromatic amines is 1. The second-order valence-electron chi connectivity index (χ2n) is 7.81. The molecule has 152 valence electrons. The van der Waals surface area contributed by atoms with Crippen LogP contribution in [-0.4, -0.2) is 38.3 Å². The number of carbonyl (C=O) groups excluding carboxylic acids is 1. The zero-order valence-electron chi connectivity index (χ0n) is 16.2. The number of halogens is 2. The number of hydrogen-bond donors (Lipinski definition) is 1. The van der Waals surface area contributed by atoms with Crippen molar-refractivity contribution in [1.82, 2.24) is 19.9 Å². The number of amides is 1. The third-order valence-corrected chi connectivity index (χ3v) is 6.14. The number of benzene rings is 1. The minimum atomic E-state index is -1.02. The van der Waals surface area contributed by atoms with Crippen LogP contribution in [0.1, 0.15) is 23.1 Å². The number of aryl methyl sites for hydroxylation is 1. The fourth-order valence-corrected chi connectivity index (χ4v) is 4.67. The summed E-state index contributed by atoms with van der Waals surface area (Å²) in [7, 11) is 0. The van der Waals surface area contributed by atoms with Gasteiger partial charge in [0, 0.05) is 41.4 Å². The van der Waals surface area contributed by atoms with E-state index in [1.165, 1.54) is 12.4 Å². The summed E-state index contributed by atoms with van der Waals surface area (Å²) in [6.07, 6.45) is 7.72. The van der Waals surface area contributed by atoms with Crippen LogP contribution in [0.3, 0.4) is 0 Å². The van der Waals surface area contributed by atoms with E-state index in [-0.39, 0.29) is 40.8 Å². The molecule has 0 spiro atoms. The molecular formula is C22H18F2N4O2. The average Bonchev–Trinajstić information content (AvgIpc) is 3.35. The molecule has 1 saturated heterocycles. The van der Waals surface area contributed by atoms with Crippen LogP contribution in [0.4, 0.5) is 8.78 Å². The van der Waals surface area contributed by atoms with E-state index in [1.54, 1.807) is 24.2 Å². The van der Waals surface area contributed by atoms with Gasteiger partial charge >= 0.3 is 0 Å². The summed E-state index contributed by atoms with van der Waals surface area (Å²) in [6.45, 7) is 2.10. The van der Waals surface area contributed by atoms with Gasteiger partial charge in [-0.2, -0.15) is 0 Å². The highest BCUT2D eigenvalue weighted by atomic mass is 19.2. The van der Waals surface area contributed by atoms with Crippen molar-refractivity contribution in [3.63, 3.8) is 0 Å². The molecule has 1 aliphatic carbocycles. The summed E-state index contributed by atoms with van der Waals surface area (Å²) in [5.74, 6) is -2.01. The van der Waals surface area contributed by atoms with Crippen LogP contribution >= 0.6 is 0 Å². The van der Waals surface area contributed by atoms with Gasteiger partial charge in [-0.25, -0.2) is 18.7 Å². The molecule has 3 heterocycles. The van der Waals surface area contributed by atoms with E-state index in [0.717, 1.165) is 23.6 Å². The molecule has 1 N–H and O–H groups in total. The molecule has 3 aromatic rings. The van der Waals surface area contributed by atoms with E-state index in [2.05, 4.69) is 21.0 Å². The van der Waals surface area contributed by atoms with Gasteiger partial charge in [0.25, 0.3) is 5.56 Å². The molecule has 2 aliphatic rings. The van der Waals surface area contributed by atoms with Crippen LogP contribution in [0.2, 0.25) is 0 Å².